The molecule has 0 saturated heterocycles. The van der Waals surface area contributed by atoms with E-state index in [0.717, 1.165) is 21.7 Å². The normalized spacial score (nSPS) is 11.5. The molecule has 0 fully saturated rings. The zero-order valence-corrected chi connectivity index (χ0v) is 11.2. The van der Waals surface area contributed by atoms with Crippen LogP contribution in [0.25, 0.3) is 32.3 Å². The fourth-order valence-electron chi connectivity index (χ4n) is 3.13. The second-order valence-electron chi connectivity index (χ2n) is 5.22. The van der Waals surface area contributed by atoms with Crippen molar-refractivity contribution in [2.45, 2.75) is 6.92 Å². The maximum Gasteiger partial charge on any atom is 0.131 e. The van der Waals surface area contributed by atoms with Gasteiger partial charge in [-0.3, -0.25) is 0 Å². The molecular formula is C19H13F. The van der Waals surface area contributed by atoms with Gasteiger partial charge in [0.1, 0.15) is 5.82 Å². The Kier molecular flexibility index (Phi) is 2.31. The first kappa shape index (κ1) is 11.4. The number of hydrogen-bond donors (Lipinski definition) is 0. The Balaban J connectivity index is 2.32. The summed E-state index contributed by atoms with van der Waals surface area (Å²) in [4.78, 5) is 0. The molecular weight excluding hydrogens is 247 g/mol. The van der Waals surface area contributed by atoms with E-state index in [-0.39, 0.29) is 5.82 Å². The van der Waals surface area contributed by atoms with E-state index in [2.05, 4.69) is 30.3 Å². The molecule has 0 unspecified atom stereocenters. The molecule has 1 heteroatoms. The second-order valence-corrected chi connectivity index (χ2v) is 5.22. The van der Waals surface area contributed by atoms with Crippen molar-refractivity contribution in [2.24, 2.45) is 0 Å². The Morgan fingerprint density at radius 1 is 0.700 bits per heavy atom. The van der Waals surface area contributed by atoms with Crippen LogP contribution in [0.4, 0.5) is 4.39 Å². The van der Waals surface area contributed by atoms with Gasteiger partial charge < -0.3 is 0 Å². The third kappa shape index (κ3) is 1.47. The lowest BCUT2D eigenvalue weighted by Crippen LogP contribution is -1.87. The number of hydrogen-bond acceptors (Lipinski definition) is 0. The largest absolute Gasteiger partial charge is 0.206 e. The first-order chi connectivity index (χ1) is 9.75. The van der Waals surface area contributed by atoms with Gasteiger partial charge in [-0.05, 0) is 51.6 Å². The van der Waals surface area contributed by atoms with Crippen molar-refractivity contribution in [3.8, 4) is 0 Å². The summed E-state index contributed by atoms with van der Waals surface area (Å²) in [5.41, 5.74) is 1.02. The average molecular weight is 260 g/mol. The number of fused-ring (bicyclic) bond motifs is 4. The second kappa shape index (κ2) is 4.04. The molecule has 0 amide bonds. The van der Waals surface area contributed by atoms with E-state index in [0.29, 0.717) is 0 Å². The molecule has 0 nitrogen and oxygen atoms in total. The summed E-state index contributed by atoms with van der Waals surface area (Å²) < 4.78 is 14.1. The first-order valence-corrected chi connectivity index (χ1v) is 6.75. The Hall–Kier alpha value is -2.41. The summed E-state index contributed by atoms with van der Waals surface area (Å²) in [6, 6.07) is 19.9. The van der Waals surface area contributed by atoms with Gasteiger partial charge in [-0.1, -0.05) is 48.5 Å². The highest BCUT2D eigenvalue weighted by Crippen LogP contribution is 2.33. The summed E-state index contributed by atoms with van der Waals surface area (Å²) in [7, 11) is 0. The van der Waals surface area contributed by atoms with Gasteiger partial charge in [0.15, 0.2) is 0 Å². The molecule has 0 bridgehead atoms. The molecule has 0 saturated carbocycles. The summed E-state index contributed by atoms with van der Waals surface area (Å²) in [6.45, 7) is 2.00. The standard InChI is InChI=1S/C19H13F/c1-12-15-10-9-13-5-2-3-7-16(13)17(15)11-14-6-4-8-18(20)19(12)14/h2-11H,1H3. The van der Waals surface area contributed by atoms with Gasteiger partial charge in [-0.2, -0.15) is 0 Å². The van der Waals surface area contributed by atoms with Crippen LogP contribution in [0, 0.1) is 12.7 Å². The number of halogens is 1. The Labute approximate surface area is 116 Å². The van der Waals surface area contributed by atoms with Gasteiger partial charge in [-0.25, -0.2) is 4.39 Å². The van der Waals surface area contributed by atoms with Gasteiger partial charge >= 0.3 is 0 Å². The lowest BCUT2D eigenvalue weighted by molar-refractivity contribution is 0.639. The van der Waals surface area contributed by atoms with Gasteiger partial charge in [-0.15, -0.1) is 0 Å². The molecule has 0 aliphatic rings. The lowest BCUT2D eigenvalue weighted by Gasteiger charge is -2.11. The van der Waals surface area contributed by atoms with E-state index in [4.69, 9.17) is 0 Å². The number of rotatable bonds is 0. The SMILES string of the molecule is Cc1c2ccc3ccccc3c2cc2cccc(F)c12. The van der Waals surface area contributed by atoms with Crippen molar-refractivity contribution in [3.63, 3.8) is 0 Å². The molecule has 0 atom stereocenters. The molecule has 4 aromatic carbocycles. The van der Waals surface area contributed by atoms with Crippen molar-refractivity contribution in [1.82, 2.24) is 0 Å². The third-order valence-electron chi connectivity index (χ3n) is 4.10. The molecule has 4 rings (SSSR count). The highest BCUT2D eigenvalue weighted by atomic mass is 19.1. The molecule has 0 aliphatic carbocycles. The van der Waals surface area contributed by atoms with Crippen LogP contribution in [0.5, 0.6) is 0 Å². The number of benzene rings is 4. The average Bonchev–Trinajstić information content (AvgIpc) is 2.47. The predicted octanol–water partition coefficient (Wildman–Crippen LogP) is 5.59. The van der Waals surface area contributed by atoms with Crippen LogP contribution in [0.1, 0.15) is 5.56 Å². The predicted molar refractivity (Wildman–Crippen MR) is 83.7 cm³/mol. The molecule has 0 heterocycles. The smallest absolute Gasteiger partial charge is 0.131 e. The molecule has 0 radical (unpaired) electrons. The van der Waals surface area contributed by atoms with Crippen LogP contribution in [0.3, 0.4) is 0 Å². The minimum Gasteiger partial charge on any atom is -0.206 e. The molecule has 0 aliphatic heterocycles. The summed E-state index contributed by atoms with van der Waals surface area (Å²) >= 11 is 0. The van der Waals surface area contributed by atoms with E-state index in [1.807, 2.05) is 25.1 Å². The van der Waals surface area contributed by atoms with Crippen molar-refractivity contribution in [2.75, 3.05) is 0 Å². The molecule has 0 aromatic heterocycles. The van der Waals surface area contributed by atoms with E-state index >= 15 is 0 Å². The summed E-state index contributed by atoms with van der Waals surface area (Å²) in [5, 5.41) is 6.45. The van der Waals surface area contributed by atoms with Crippen molar-refractivity contribution < 1.29 is 4.39 Å². The van der Waals surface area contributed by atoms with Crippen LogP contribution in [0.15, 0.2) is 60.7 Å². The highest BCUT2D eigenvalue weighted by Gasteiger charge is 2.09. The summed E-state index contributed by atoms with van der Waals surface area (Å²) in [6.07, 6.45) is 0. The first-order valence-electron chi connectivity index (χ1n) is 6.75. The van der Waals surface area contributed by atoms with E-state index in [1.54, 1.807) is 6.07 Å². The van der Waals surface area contributed by atoms with E-state index < -0.39 is 0 Å². The van der Waals surface area contributed by atoms with Gasteiger partial charge in [0.05, 0.1) is 0 Å². The fraction of sp³-hybridized carbons (Fsp3) is 0.0526. The molecule has 4 aromatic rings. The molecule has 0 N–H and O–H groups in total. The van der Waals surface area contributed by atoms with Gasteiger partial charge in [0.2, 0.25) is 0 Å². The van der Waals surface area contributed by atoms with Crippen molar-refractivity contribution in [3.05, 3.63) is 72.0 Å². The Morgan fingerprint density at radius 3 is 2.40 bits per heavy atom. The lowest BCUT2D eigenvalue weighted by atomic mass is 9.94. The van der Waals surface area contributed by atoms with Crippen molar-refractivity contribution in [1.29, 1.82) is 0 Å². The Morgan fingerprint density at radius 2 is 1.50 bits per heavy atom. The minimum atomic E-state index is -0.143. The highest BCUT2D eigenvalue weighted by molar-refractivity contribution is 6.13. The zero-order chi connectivity index (χ0) is 13.7. The van der Waals surface area contributed by atoms with E-state index in [1.165, 1.54) is 22.2 Å². The third-order valence-corrected chi connectivity index (χ3v) is 4.10. The molecule has 0 spiro atoms. The van der Waals surface area contributed by atoms with Crippen LogP contribution in [-0.4, -0.2) is 0 Å². The van der Waals surface area contributed by atoms with E-state index in [9.17, 15) is 4.39 Å². The molecule has 20 heavy (non-hydrogen) atoms. The maximum atomic E-state index is 14.1. The van der Waals surface area contributed by atoms with Crippen LogP contribution < -0.4 is 0 Å². The van der Waals surface area contributed by atoms with Gasteiger partial charge in [0, 0.05) is 5.39 Å². The minimum absolute atomic E-state index is 0.143. The van der Waals surface area contributed by atoms with Gasteiger partial charge in [0.25, 0.3) is 0 Å². The topological polar surface area (TPSA) is 0 Å². The quantitative estimate of drug-likeness (QED) is 0.285. The Bertz CT molecular complexity index is 967. The zero-order valence-electron chi connectivity index (χ0n) is 11.2. The fourth-order valence-corrected chi connectivity index (χ4v) is 3.13. The summed E-state index contributed by atoms with van der Waals surface area (Å²) in [5.74, 6) is -0.143. The monoisotopic (exact) mass is 260 g/mol. The van der Waals surface area contributed by atoms with Crippen molar-refractivity contribution >= 4 is 32.3 Å². The van der Waals surface area contributed by atoms with Crippen LogP contribution >= 0.6 is 0 Å². The van der Waals surface area contributed by atoms with Crippen LogP contribution in [-0.2, 0) is 0 Å². The maximum absolute atomic E-state index is 14.1. The van der Waals surface area contributed by atoms with Crippen LogP contribution in [0.2, 0.25) is 0 Å². The number of aryl methyl sites for hydroxylation is 1. The molecule has 96 valence electrons.